The maximum absolute atomic E-state index is 12.0. The summed E-state index contributed by atoms with van der Waals surface area (Å²) < 4.78 is 45.8. The van der Waals surface area contributed by atoms with Crippen molar-refractivity contribution in [2.24, 2.45) is 0 Å². The fourth-order valence-corrected chi connectivity index (χ4v) is 2.99. The van der Waals surface area contributed by atoms with Gasteiger partial charge in [0.25, 0.3) is 0 Å². The van der Waals surface area contributed by atoms with Crippen LogP contribution in [0, 0.1) is 0 Å². The summed E-state index contributed by atoms with van der Waals surface area (Å²) in [6.07, 6.45) is 8.97. The SMILES string of the molecule is OP(O)OCCOCCCCCCCCCCCCCCCC(F)(F)F. The highest BCUT2D eigenvalue weighted by molar-refractivity contribution is 7.39. The average Bonchev–Trinajstić information content (AvgIpc) is 2.55. The van der Waals surface area contributed by atoms with Gasteiger partial charge in [0.2, 0.25) is 0 Å². The molecule has 0 aliphatic rings. The van der Waals surface area contributed by atoms with Gasteiger partial charge in [0.15, 0.2) is 0 Å². The summed E-state index contributed by atoms with van der Waals surface area (Å²) in [6, 6.07) is 0. The van der Waals surface area contributed by atoms with Gasteiger partial charge in [0.05, 0.1) is 13.2 Å². The number of halogens is 3. The molecule has 8 heteroatoms. The molecule has 0 aliphatic carbocycles. The molecular weight excluding hydrogens is 368 g/mol. The first-order valence-corrected chi connectivity index (χ1v) is 11.0. The Morgan fingerprint density at radius 3 is 1.42 bits per heavy atom. The Balaban J connectivity index is 3.03. The number of hydrogen-bond acceptors (Lipinski definition) is 4. The fourth-order valence-electron chi connectivity index (χ4n) is 2.75. The van der Waals surface area contributed by atoms with Gasteiger partial charge in [-0.1, -0.05) is 70.6 Å². The van der Waals surface area contributed by atoms with Gasteiger partial charge in [-0.05, 0) is 12.8 Å². The van der Waals surface area contributed by atoms with E-state index in [0.29, 0.717) is 19.6 Å². The first-order valence-electron chi connectivity index (χ1n) is 9.87. The zero-order chi connectivity index (χ0) is 19.5. The maximum atomic E-state index is 12.0. The number of alkyl halides is 3. The van der Waals surface area contributed by atoms with Gasteiger partial charge in [-0.3, -0.25) is 0 Å². The normalized spacial score (nSPS) is 12.2. The minimum Gasteiger partial charge on any atom is -0.379 e. The van der Waals surface area contributed by atoms with Crippen LogP contribution < -0.4 is 0 Å². The molecule has 0 heterocycles. The molecule has 0 aromatic rings. The molecule has 0 unspecified atom stereocenters. The first kappa shape index (κ1) is 26.1. The smallest absolute Gasteiger partial charge is 0.379 e. The van der Waals surface area contributed by atoms with E-state index in [-0.39, 0.29) is 13.0 Å². The zero-order valence-corrected chi connectivity index (χ0v) is 16.7. The standard InChI is InChI=1S/C18H36F3O4P/c19-18(20,21)14-12-10-8-6-4-2-1-3-5-7-9-11-13-15-24-16-17-25-26(22)23/h22-23H,1-17H2. The molecule has 0 rings (SSSR count). The van der Waals surface area contributed by atoms with E-state index in [2.05, 4.69) is 4.52 Å². The number of unbranched alkanes of at least 4 members (excludes halogenated alkanes) is 12. The van der Waals surface area contributed by atoms with Crippen molar-refractivity contribution < 1.29 is 32.2 Å². The lowest BCUT2D eigenvalue weighted by molar-refractivity contribution is -0.135. The second-order valence-corrected chi connectivity index (χ2v) is 7.42. The molecule has 0 bridgehead atoms. The van der Waals surface area contributed by atoms with E-state index in [0.717, 1.165) is 32.1 Å². The molecule has 0 aromatic carbocycles. The Kier molecular flexibility index (Phi) is 18.5. The molecule has 0 aromatic heterocycles. The van der Waals surface area contributed by atoms with Gasteiger partial charge in [-0.25, -0.2) is 0 Å². The van der Waals surface area contributed by atoms with Gasteiger partial charge in [0, 0.05) is 13.0 Å². The van der Waals surface area contributed by atoms with Crippen LogP contribution in [0.2, 0.25) is 0 Å². The van der Waals surface area contributed by atoms with Gasteiger partial charge in [-0.2, -0.15) is 13.2 Å². The number of ether oxygens (including phenoxy) is 1. The fraction of sp³-hybridized carbons (Fsp3) is 1.00. The Labute approximate surface area is 157 Å². The lowest BCUT2D eigenvalue weighted by Gasteiger charge is -2.06. The summed E-state index contributed by atoms with van der Waals surface area (Å²) in [7, 11) is -2.27. The largest absolute Gasteiger partial charge is 0.389 e. The molecule has 26 heavy (non-hydrogen) atoms. The van der Waals surface area contributed by atoms with Gasteiger partial charge >= 0.3 is 14.8 Å². The monoisotopic (exact) mass is 404 g/mol. The van der Waals surface area contributed by atoms with Crippen LogP contribution >= 0.6 is 8.60 Å². The van der Waals surface area contributed by atoms with Crippen LogP contribution in [-0.2, 0) is 9.26 Å². The molecule has 0 radical (unpaired) electrons. The predicted octanol–water partition coefficient (Wildman–Crippen LogP) is 6.25. The Morgan fingerprint density at radius 1 is 0.577 bits per heavy atom. The van der Waals surface area contributed by atoms with Crippen LogP contribution in [0.4, 0.5) is 13.2 Å². The van der Waals surface area contributed by atoms with Crippen LogP contribution in [-0.4, -0.2) is 35.8 Å². The second kappa shape index (κ2) is 18.4. The first-order chi connectivity index (χ1) is 12.4. The molecule has 0 aliphatic heterocycles. The number of rotatable bonds is 19. The van der Waals surface area contributed by atoms with Crippen LogP contribution in [0.5, 0.6) is 0 Å². The van der Waals surface area contributed by atoms with Crippen molar-refractivity contribution in [3.63, 3.8) is 0 Å². The topological polar surface area (TPSA) is 58.9 Å². The minimum atomic E-state index is -3.99. The Morgan fingerprint density at radius 2 is 1.00 bits per heavy atom. The molecule has 0 spiro atoms. The molecule has 0 saturated heterocycles. The van der Waals surface area contributed by atoms with Gasteiger partial charge in [-0.15, -0.1) is 0 Å². The summed E-state index contributed by atoms with van der Waals surface area (Å²) in [4.78, 5) is 17.0. The summed E-state index contributed by atoms with van der Waals surface area (Å²) in [5, 5.41) is 0. The molecule has 0 atom stereocenters. The van der Waals surface area contributed by atoms with Crippen LogP contribution in [0.1, 0.15) is 89.9 Å². The average molecular weight is 404 g/mol. The third kappa shape index (κ3) is 24.1. The summed E-state index contributed by atoms with van der Waals surface area (Å²) in [5.41, 5.74) is 0. The number of hydrogen-bond donors (Lipinski definition) is 2. The summed E-state index contributed by atoms with van der Waals surface area (Å²) >= 11 is 0. The Hall–Kier alpha value is 0.0600. The Bertz CT molecular complexity index is 292. The lowest BCUT2D eigenvalue weighted by atomic mass is 10.0. The third-order valence-corrected chi connectivity index (χ3v) is 4.60. The van der Waals surface area contributed by atoms with Crippen molar-refractivity contribution in [3.8, 4) is 0 Å². The summed E-state index contributed by atoms with van der Waals surface area (Å²) in [5.74, 6) is 0. The summed E-state index contributed by atoms with van der Waals surface area (Å²) in [6.45, 7) is 1.29. The van der Waals surface area contributed by atoms with E-state index in [1.54, 1.807) is 0 Å². The molecule has 0 fully saturated rings. The highest BCUT2D eigenvalue weighted by Crippen LogP contribution is 2.24. The van der Waals surface area contributed by atoms with Crippen molar-refractivity contribution in [2.45, 2.75) is 96.1 Å². The van der Waals surface area contributed by atoms with E-state index >= 15 is 0 Å². The van der Waals surface area contributed by atoms with Crippen molar-refractivity contribution in [2.75, 3.05) is 19.8 Å². The van der Waals surface area contributed by atoms with Crippen LogP contribution in [0.15, 0.2) is 0 Å². The van der Waals surface area contributed by atoms with Gasteiger partial charge in [0.1, 0.15) is 0 Å². The maximum Gasteiger partial charge on any atom is 0.389 e. The minimum absolute atomic E-state index is 0.215. The quantitative estimate of drug-likeness (QED) is 0.197. The van der Waals surface area contributed by atoms with Gasteiger partial charge < -0.3 is 19.0 Å². The molecule has 4 nitrogen and oxygen atoms in total. The van der Waals surface area contributed by atoms with Crippen molar-refractivity contribution in [3.05, 3.63) is 0 Å². The van der Waals surface area contributed by atoms with Crippen molar-refractivity contribution in [1.82, 2.24) is 0 Å². The van der Waals surface area contributed by atoms with E-state index in [4.69, 9.17) is 14.5 Å². The zero-order valence-electron chi connectivity index (χ0n) is 15.8. The van der Waals surface area contributed by atoms with E-state index in [9.17, 15) is 13.2 Å². The predicted molar refractivity (Wildman–Crippen MR) is 98.8 cm³/mol. The molecule has 0 saturated carbocycles. The molecule has 0 amide bonds. The van der Waals surface area contributed by atoms with E-state index < -0.39 is 21.2 Å². The van der Waals surface area contributed by atoms with Crippen molar-refractivity contribution >= 4 is 8.60 Å². The highest BCUT2D eigenvalue weighted by Gasteiger charge is 2.25. The molecule has 158 valence electrons. The van der Waals surface area contributed by atoms with Crippen LogP contribution in [0.25, 0.3) is 0 Å². The highest BCUT2D eigenvalue weighted by atomic mass is 31.2. The van der Waals surface area contributed by atoms with E-state index in [1.165, 1.54) is 38.5 Å². The van der Waals surface area contributed by atoms with E-state index in [1.807, 2.05) is 0 Å². The van der Waals surface area contributed by atoms with Crippen LogP contribution in [0.3, 0.4) is 0 Å². The molecule has 2 N–H and O–H groups in total. The van der Waals surface area contributed by atoms with Crippen molar-refractivity contribution in [1.29, 1.82) is 0 Å². The lowest BCUT2D eigenvalue weighted by Crippen LogP contribution is -2.06. The molecular formula is C18H36F3O4P. The second-order valence-electron chi connectivity index (χ2n) is 6.66. The third-order valence-electron chi connectivity index (χ3n) is 4.18.